The van der Waals surface area contributed by atoms with Crippen molar-refractivity contribution >= 4 is 5.96 Å². The van der Waals surface area contributed by atoms with Crippen LogP contribution in [0.3, 0.4) is 0 Å². The van der Waals surface area contributed by atoms with E-state index in [0.717, 1.165) is 19.0 Å². The number of nitrogens with one attached hydrogen (secondary N) is 2. The van der Waals surface area contributed by atoms with E-state index in [4.69, 9.17) is 5.84 Å². The van der Waals surface area contributed by atoms with E-state index < -0.39 is 0 Å². The smallest absolute Gasteiger partial charge is 0.205 e. The molecule has 1 fully saturated rings. The van der Waals surface area contributed by atoms with E-state index >= 15 is 0 Å². The predicted molar refractivity (Wildman–Crippen MR) is 68.2 cm³/mol. The van der Waals surface area contributed by atoms with Gasteiger partial charge in [-0.1, -0.05) is 6.92 Å². The van der Waals surface area contributed by atoms with Crippen LogP contribution >= 0.6 is 0 Å². The highest BCUT2D eigenvalue weighted by Crippen LogP contribution is 2.18. The fourth-order valence-electron chi connectivity index (χ4n) is 1.41. The van der Waals surface area contributed by atoms with Crippen molar-refractivity contribution in [1.29, 1.82) is 0 Å². The molecule has 1 unspecified atom stereocenters. The molecule has 4 N–H and O–H groups in total. The third-order valence-electron chi connectivity index (χ3n) is 3.12. The first-order valence-electron chi connectivity index (χ1n) is 6.15. The maximum Gasteiger partial charge on any atom is 0.205 e. The monoisotopic (exact) mass is 227 g/mol. The molecule has 0 aromatic heterocycles. The van der Waals surface area contributed by atoms with Gasteiger partial charge in [0.05, 0.1) is 6.54 Å². The molecule has 0 bridgehead atoms. The Morgan fingerprint density at radius 2 is 2.25 bits per heavy atom. The highest BCUT2D eigenvalue weighted by molar-refractivity contribution is 5.79. The third-order valence-corrected chi connectivity index (χ3v) is 3.12. The van der Waals surface area contributed by atoms with Crippen LogP contribution in [0.1, 0.15) is 33.1 Å². The minimum Gasteiger partial charge on any atom is -0.353 e. The standard InChI is InChI=1S/C11H25N5/c1-4-9(2)16(3)8-7-13-11(15-12)14-10-5-6-10/h9-10H,4-8,12H2,1-3H3,(H2,13,14,15). The predicted octanol–water partition coefficient (Wildman–Crippen LogP) is 0.288. The molecule has 0 amide bonds. The van der Waals surface area contributed by atoms with Crippen LogP contribution in [-0.4, -0.2) is 43.1 Å². The number of guanidine groups is 1. The highest BCUT2D eigenvalue weighted by atomic mass is 15.3. The zero-order valence-electron chi connectivity index (χ0n) is 10.7. The molecule has 16 heavy (non-hydrogen) atoms. The minimum atomic E-state index is 0.585. The summed E-state index contributed by atoms with van der Waals surface area (Å²) in [6.45, 7) is 6.17. The van der Waals surface area contributed by atoms with Crippen molar-refractivity contribution in [2.24, 2.45) is 10.8 Å². The molecule has 1 aliphatic carbocycles. The lowest BCUT2D eigenvalue weighted by molar-refractivity contribution is 0.259. The van der Waals surface area contributed by atoms with Crippen LogP contribution in [-0.2, 0) is 0 Å². The van der Waals surface area contributed by atoms with Crippen molar-refractivity contribution in [2.45, 2.75) is 45.2 Å². The Balaban J connectivity index is 2.21. The Labute approximate surface area is 98.4 Å². The molecule has 1 saturated carbocycles. The fraction of sp³-hybridized carbons (Fsp3) is 0.909. The van der Waals surface area contributed by atoms with Gasteiger partial charge in [0.1, 0.15) is 0 Å². The van der Waals surface area contributed by atoms with Gasteiger partial charge in [-0.15, -0.1) is 0 Å². The minimum absolute atomic E-state index is 0.585. The molecular formula is C11H25N5. The van der Waals surface area contributed by atoms with Crippen LogP contribution < -0.4 is 16.6 Å². The van der Waals surface area contributed by atoms with Crippen molar-refractivity contribution < 1.29 is 0 Å². The van der Waals surface area contributed by atoms with E-state index in [9.17, 15) is 0 Å². The number of hydrogen-bond acceptors (Lipinski definition) is 3. The van der Waals surface area contributed by atoms with Gasteiger partial charge in [-0.2, -0.15) is 0 Å². The topological polar surface area (TPSA) is 65.7 Å². The van der Waals surface area contributed by atoms with E-state index in [-0.39, 0.29) is 0 Å². The first-order valence-corrected chi connectivity index (χ1v) is 6.15. The van der Waals surface area contributed by atoms with E-state index in [1.807, 2.05) is 0 Å². The number of hydrazine groups is 1. The highest BCUT2D eigenvalue weighted by Gasteiger charge is 2.21. The lowest BCUT2D eigenvalue weighted by Gasteiger charge is -2.22. The van der Waals surface area contributed by atoms with E-state index in [0.29, 0.717) is 12.1 Å². The number of aliphatic imine (C=N–C) groups is 1. The number of likely N-dealkylation sites (N-methyl/N-ethyl adjacent to an activating group) is 1. The van der Waals surface area contributed by atoms with E-state index in [2.05, 4.69) is 41.5 Å². The summed E-state index contributed by atoms with van der Waals surface area (Å²) in [7, 11) is 2.13. The molecule has 0 spiro atoms. The summed E-state index contributed by atoms with van der Waals surface area (Å²) >= 11 is 0. The van der Waals surface area contributed by atoms with Crippen LogP contribution in [0.5, 0.6) is 0 Å². The van der Waals surface area contributed by atoms with Crippen molar-refractivity contribution in [1.82, 2.24) is 15.6 Å². The van der Waals surface area contributed by atoms with E-state index in [1.54, 1.807) is 0 Å². The Bertz CT molecular complexity index is 224. The summed E-state index contributed by atoms with van der Waals surface area (Å²) in [5.74, 6) is 6.12. The Morgan fingerprint density at radius 1 is 1.56 bits per heavy atom. The largest absolute Gasteiger partial charge is 0.353 e. The molecule has 0 radical (unpaired) electrons. The van der Waals surface area contributed by atoms with Crippen LogP contribution in [0.2, 0.25) is 0 Å². The average Bonchev–Trinajstić information content (AvgIpc) is 3.10. The van der Waals surface area contributed by atoms with Crippen LogP contribution in [0.4, 0.5) is 0 Å². The van der Waals surface area contributed by atoms with Crippen molar-refractivity contribution in [3.05, 3.63) is 0 Å². The maximum absolute atomic E-state index is 5.39. The summed E-state index contributed by atoms with van der Waals surface area (Å²) in [5.41, 5.74) is 2.61. The molecular weight excluding hydrogens is 202 g/mol. The fourth-order valence-corrected chi connectivity index (χ4v) is 1.41. The molecule has 5 heteroatoms. The maximum atomic E-state index is 5.39. The summed E-state index contributed by atoms with van der Waals surface area (Å²) < 4.78 is 0. The van der Waals surface area contributed by atoms with E-state index in [1.165, 1.54) is 19.3 Å². The summed E-state index contributed by atoms with van der Waals surface area (Å²) in [5, 5.41) is 3.25. The molecule has 0 aromatic carbocycles. The lowest BCUT2D eigenvalue weighted by Crippen LogP contribution is -2.43. The molecule has 0 aliphatic heterocycles. The Hall–Kier alpha value is -0.810. The van der Waals surface area contributed by atoms with Crippen molar-refractivity contribution in [2.75, 3.05) is 20.1 Å². The van der Waals surface area contributed by atoms with Crippen LogP contribution in [0, 0.1) is 0 Å². The molecule has 94 valence electrons. The second kappa shape index (κ2) is 6.70. The van der Waals surface area contributed by atoms with Gasteiger partial charge in [0.15, 0.2) is 0 Å². The van der Waals surface area contributed by atoms with Crippen molar-refractivity contribution in [3.8, 4) is 0 Å². The molecule has 5 nitrogen and oxygen atoms in total. The Morgan fingerprint density at radius 3 is 2.75 bits per heavy atom. The van der Waals surface area contributed by atoms with Gasteiger partial charge in [0.25, 0.3) is 0 Å². The summed E-state index contributed by atoms with van der Waals surface area (Å²) in [6.07, 6.45) is 3.63. The number of nitrogens with zero attached hydrogens (tertiary/aromatic N) is 2. The number of hydrogen-bond donors (Lipinski definition) is 3. The molecule has 1 atom stereocenters. The van der Waals surface area contributed by atoms with Gasteiger partial charge < -0.3 is 10.2 Å². The van der Waals surface area contributed by atoms with Gasteiger partial charge >= 0.3 is 0 Å². The lowest BCUT2D eigenvalue weighted by atomic mass is 10.2. The normalized spacial score (nSPS) is 18.7. The first kappa shape index (κ1) is 13.3. The van der Waals surface area contributed by atoms with Crippen LogP contribution in [0.25, 0.3) is 0 Å². The first-order chi connectivity index (χ1) is 7.67. The zero-order valence-corrected chi connectivity index (χ0v) is 10.7. The zero-order chi connectivity index (χ0) is 12.0. The summed E-state index contributed by atoms with van der Waals surface area (Å²) in [6, 6.07) is 1.20. The molecule has 0 heterocycles. The van der Waals surface area contributed by atoms with Crippen LogP contribution in [0.15, 0.2) is 4.99 Å². The molecule has 1 aliphatic rings. The second-order valence-corrected chi connectivity index (χ2v) is 4.53. The van der Waals surface area contributed by atoms with Gasteiger partial charge in [-0.05, 0) is 33.2 Å². The quantitative estimate of drug-likeness (QED) is 0.264. The van der Waals surface area contributed by atoms with Gasteiger partial charge in [-0.3, -0.25) is 10.4 Å². The summed E-state index contributed by atoms with van der Waals surface area (Å²) in [4.78, 5) is 6.72. The molecule has 0 saturated heterocycles. The van der Waals surface area contributed by atoms with Gasteiger partial charge in [0, 0.05) is 18.6 Å². The number of rotatable bonds is 6. The molecule has 1 rings (SSSR count). The average molecular weight is 227 g/mol. The molecule has 0 aromatic rings. The van der Waals surface area contributed by atoms with Gasteiger partial charge in [0.2, 0.25) is 5.96 Å². The second-order valence-electron chi connectivity index (χ2n) is 4.53. The van der Waals surface area contributed by atoms with Crippen molar-refractivity contribution in [3.63, 3.8) is 0 Å². The Kier molecular flexibility index (Phi) is 5.55. The number of nitrogens with two attached hydrogens (primary N) is 1. The van der Waals surface area contributed by atoms with Gasteiger partial charge in [-0.25, -0.2) is 5.84 Å². The SMILES string of the molecule is CCC(C)N(C)CCN=C(NN)NC1CC1. The third kappa shape index (κ3) is 4.81.